The lowest BCUT2D eigenvalue weighted by molar-refractivity contribution is 0.220. The lowest BCUT2D eigenvalue weighted by Gasteiger charge is -2.34. The van der Waals surface area contributed by atoms with Gasteiger partial charge >= 0.3 is 0 Å². The normalized spacial score (nSPS) is 21.7. The van der Waals surface area contributed by atoms with Gasteiger partial charge in [-0.15, -0.1) is 0 Å². The maximum absolute atomic E-state index is 13.4. The van der Waals surface area contributed by atoms with E-state index < -0.39 is 21.4 Å². The quantitative estimate of drug-likeness (QED) is 0.218. The lowest BCUT2D eigenvalue weighted by Crippen LogP contribution is -2.46. The van der Waals surface area contributed by atoms with Gasteiger partial charge in [0.1, 0.15) is 5.25 Å². The SMILES string of the molecule is O=S(=O)(C1C=CC=CC1O)N1CCC(c2c3cc(C(c4ccc(Cl)cc4)c4ccc(Cl)cc4)ccc3nn2C2CC2)CC1. The Balaban J connectivity index is 1.24. The number of fused-ring (bicyclic) bond motifs is 1. The fourth-order valence-corrected chi connectivity index (χ4v) is 8.67. The third-order valence-electron chi connectivity index (χ3n) is 8.99. The monoisotopic (exact) mass is 633 g/mol. The summed E-state index contributed by atoms with van der Waals surface area (Å²) in [5, 5.41) is 17.0. The number of aliphatic hydroxyl groups is 1. The van der Waals surface area contributed by atoms with Crippen molar-refractivity contribution in [3.63, 3.8) is 0 Å². The molecular formula is C34H33Cl2N3O3S. The minimum atomic E-state index is -3.66. The number of nitrogens with zero attached hydrogens (tertiary/aromatic N) is 3. The van der Waals surface area contributed by atoms with Crippen molar-refractivity contribution in [1.29, 1.82) is 0 Å². The molecular weight excluding hydrogens is 601 g/mol. The van der Waals surface area contributed by atoms with Gasteiger partial charge in [0.25, 0.3) is 0 Å². The van der Waals surface area contributed by atoms with E-state index >= 15 is 0 Å². The second kappa shape index (κ2) is 11.5. The Morgan fingerprint density at radius 2 is 1.37 bits per heavy atom. The van der Waals surface area contributed by atoms with E-state index in [1.807, 2.05) is 24.3 Å². The highest BCUT2D eigenvalue weighted by Gasteiger charge is 2.39. The molecule has 1 N–H and O–H groups in total. The van der Waals surface area contributed by atoms with Crippen LogP contribution in [0.2, 0.25) is 10.0 Å². The van der Waals surface area contributed by atoms with Crippen LogP contribution in [0.3, 0.4) is 0 Å². The standard InChI is InChI=1S/C34H33Cl2N3O3S/c35-26-10-5-22(6-11-26)33(23-7-12-27(36)13-8-23)25-9-16-30-29(21-25)34(39(37-30)28-14-15-28)24-17-19-38(20-18-24)43(41,42)32-4-2-1-3-31(32)40/h1-13,16,21,24,28,31-33,40H,14-15,17-20H2. The number of benzene rings is 3. The highest BCUT2D eigenvalue weighted by atomic mass is 35.5. The van der Waals surface area contributed by atoms with Gasteiger partial charge in [0.15, 0.2) is 0 Å². The van der Waals surface area contributed by atoms with E-state index in [4.69, 9.17) is 28.3 Å². The van der Waals surface area contributed by atoms with Crippen LogP contribution in [0.15, 0.2) is 91.0 Å². The van der Waals surface area contributed by atoms with E-state index in [1.165, 1.54) is 11.8 Å². The van der Waals surface area contributed by atoms with Crippen LogP contribution in [-0.2, 0) is 10.0 Å². The van der Waals surface area contributed by atoms with Gasteiger partial charge in [0.2, 0.25) is 10.0 Å². The molecule has 1 aromatic heterocycles. The Kier molecular flexibility index (Phi) is 7.72. The summed E-state index contributed by atoms with van der Waals surface area (Å²) in [7, 11) is -3.66. The molecule has 0 bridgehead atoms. The van der Waals surface area contributed by atoms with E-state index in [2.05, 4.69) is 47.1 Å². The zero-order chi connectivity index (χ0) is 29.7. The molecule has 3 aliphatic rings. The van der Waals surface area contributed by atoms with Crippen molar-refractivity contribution in [1.82, 2.24) is 14.1 Å². The molecule has 1 saturated heterocycles. The predicted octanol–water partition coefficient (Wildman–Crippen LogP) is 7.22. The van der Waals surface area contributed by atoms with Crippen molar-refractivity contribution in [2.75, 3.05) is 13.1 Å². The largest absolute Gasteiger partial charge is 0.387 e. The Morgan fingerprint density at radius 3 is 1.95 bits per heavy atom. The van der Waals surface area contributed by atoms with Crippen LogP contribution in [0.5, 0.6) is 0 Å². The summed E-state index contributed by atoms with van der Waals surface area (Å²) in [5.74, 6) is 0.163. The number of aliphatic hydroxyl groups excluding tert-OH is 1. The smallest absolute Gasteiger partial charge is 0.223 e. The van der Waals surface area contributed by atoms with Gasteiger partial charge in [0, 0.05) is 46.1 Å². The lowest BCUT2D eigenvalue weighted by atomic mass is 9.84. The third-order valence-corrected chi connectivity index (χ3v) is 11.7. The fraction of sp³-hybridized carbons (Fsp3) is 0.324. The van der Waals surface area contributed by atoms with Crippen LogP contribution in [0.4, 0.5) is 0 Å². The van der Waals surface area contributed by atoms with Gasteiger partial charge in [0.05, 0.1) is 17.7 Å². The number of piperidine rings is 1. The number of rotatable bonds is 7. The first-order valence-corrected chi connectivity index (χ1v) is 17.1. The van der Waals surface area contributed by atoms with Crippen LogP contribution in [0.1, 0.15) is 65.9 Å². The summed E-state index contributed by atoms with van der Waals surface area (Å²) in [6.45, 7) is 0.839. The molecule has 2 atom stereocenters. The van der Waals surface area contributed by atoms with E-state index in [0.29, 0.717) is 42.0 Å². The second-order valence-electron chi connectivity index (χ2n) is 11.8. The van der Waals surface area contributed by atoms with Gasteiger partial charge in [-0.1, -0.05) is 77.8 Å². The van der Waals surface area contributed by atoms with Crippen LogP contribution in [0.25, 0.3) is 10.9 Å². The fourth-order valence-electron chi connectivity index (χ4n) is 6.62. The molecule has 9 heteroatoms. The molecule has 6 nitrogen and oxygen atoms in total. The average Bonchev–Trinajstić information content (AvgIpc) is 3.79. The molecule has 0 amide bonds. The Labute approximate surface area is 262 Å². The van der Waals surface area contributed by atoms with Crippen LogP contribution in [-0.4, -0.2) is 52.1 Å². The summed E-state index contributed by atoms with van der Waals surface area (Å²) < 4.78 is 30.6. The number of halogens is 2. The van der Waals surface area contributed by atoms with Crippen molar-refractivity contribution >= 4 is 44.1 Å². The summed E-state index contributed by atoms with van der Waals surface area (Å²) in [6, 6.07) is 23.0. The maximum atomic E-state index is 13.4. The van der Waals surface area contributed by atoms with Gasteiger partial charge < -0.3 is 5.11 Å². The number of hydrogen-bond donors (Lipinski definition) is 1. The summed E-state index contributed by atoms with van der Waals surface area (Å²) in [5.41, 5.74) is 5.60. The molecule has 4 aromatic rings. The first kappa shape index (κ1) is 28.8. The van der Waals surface area contributed by atoms with Crippen molar-refractivity contribution in [2.24, 2.45) is 0 Å². The van der Waals surface area contributed by atoms with Crippen LogP contribution in [0, 0.1) is 0 Å². The molecule has 2 unspecified atom stereocenters. The van der Waals surface area contributed by atoms with Crippen molar-refractivity contribution < 1.29 is 13.5 Å². The van der Waals surface area contributed by atoms with Crippen molar-refractivity contribution in [3.05, 3.63) is 123 Å². The molecule has 1 aliphatic heterocycles. The molecule has 2 aliphatic carbocycles. The summed E-state index contributed by atoms with van der Waals surface area (Å²) in [6.07, 6.45) is 9.11. The summed E-state index contributed by atoms with van der Waals surface area (Å²) >= 11 is 12.5. The molecule has 43 heavy (non-hydrogen) atoms. The Hall–Kier alpha value is -2.94. The minimum absolute atomic E-state index is 0.0212. The zero-order valence-corrected chi connectivity index (χ0v) is 25.9. The van der Waals surface area contributed by atoms with E-state index in [9.17, 15) is 13.5 Å². The van der Waals surface area contributed by atoms with Crippen molar-refractivity contribution in [2.45, 2.75) is 54.9 Å². The van der Waals surface area contributed by atoms with E-state index in [1.54, 1.807) is 22.5 Å². The average molecular weight is 635 g/mol. The van der Waals surface area contributed by atoms with Crippen LogP contribution >= 0.6 is 23.2 Å². The Morgan fingerprint density at radius 1 is 0.791 bits per heavy atom. The number of hydrogen-bond acceptors (Lipinski definition) is 4. The molecule has 2 heterocycles. The minimum Gasteiger partial charge on any atom is -0.387 e. The molecule has 222 valence electrons. The third kappa shape index (κ3) is 5.58. The molecule has 1 saturated carbocycles. The van der Waals surface area contributed by atoms with Gasteiger partial charge in [-0.05, 0) is 78.8 Å². The molecule has 3 aromatic carbocycles. The number of aromatic nitrogens is 2. The topological polar surface area (TPSA) is 75.4 Å². The summed E-state index contributed by atoms with van der Waals surface area (Å²) in [4.78, 5) is 0. The number of sulfonamides is 1. The predicted molar refractivity (Wildman–Crippen MR) is 172 cm³/mol. The maximum Gasteiger partial charge on any atom is 0.223 e. The molecule has 7 rings (SSSR count). The highest BCUT2D eigenvalue weighted by Crippen LogP contribution is 2.44. The van der Waals surface area contributed by atoms with E-state index in [0.717, 1.165) is 40.4 Å². The first-order chi connectivity index (χ1) is 20.8. The van der Waals surface area contributed by atoms with E-state index in [-0.39, 0.29) is 11.8 Å². The van der Waals surface area contributed by atoms with Gasteiger partial charge in [-0.2, -0.15) is 5.10 Å². The van der Waals surface area contributed by atoms with Gasteiger partial charge in [-0.25, -0.2) is 12.7 Å². The van der Waals surface area contributed by atoms with Crippen molar-refractivity contribution in [3.8, 4) is 0 Å². The first-order valence-electron chi connectivity index (χ1n) is 14.8. The number of allylic oxidation sites excluding steroid dienone is 2. The highest BCUT2D eigenvalue weighted by molar-refractivity contribution is 7.90. The van der Waals surface area contributed by atoms with Crippen LogP contribution < -0.4 is 0 Å². The van der Waals surface area contributed by atoms with Gasteiger partial charge in [-0.3, -0.25) is 4.68 Å². The zero-order valence-electron chi connectivity index (χ0n) is 23.6. The molecule has 0 spiro atoms. The Bertz CT molecular complexity index is 1760. The molecule has 2 fully saturated rings. The molecule has 0 radical (unpaired) electrons. The second-order valence-corrected chi connectivity index (χ2v) is 14.8.